The summed E-state index contributed by atoms with van der Waals surface area (Å²) in [5, 5.41) is 3.49. The van der Waals surface area contributed by atoms with E-state index in [1.165, 1.54) is 0 Å². The van der Waals surface area contributed by atoms with Gasteiger partial charge in [0.2, 0.25) is 0 Å². The van der Waals surface area contributed by atoms with E-state index in [0.29, 0.717) is 6.04 Å². The molecule has 0 heterocycles. The summed E-state index contributed by atoms with van der Waals surface area (Å²) in [5.41, 5.74) is 0.780. The molecule has 1 aromatic carbocycles. The van der Waals surface area contributed by atoms with E-state index in [9.17, 15) is 4.39 Å². The van der Waals surface area contributed by atoms with E-state index in [1.807, 2.05) is 12.1 Å². The van der Waals surface area contributed by atoms with Gasteiger partial charge >= 0.3 is 0 Å². The molecule has 0 saturated carbocycles. The predicted octanol–water partition coefficient (Wildman–Crippen LogP) is 3.99. The first-order valence-corrected chi connectivity index (χ1v) is 7.82. The van der Waals surface area contributed by atoms with Crippen LogP contribution in [-0.2, 0) is 0 Å². The Hall–Kier alpha value is -0.930. The van der Waals surface area contributed by atoms with Crippen LogP contribution >= 0.6 is 0 Å². The van der Waals surface area contributed by atoms with Gasteiger partial charge in [0.1, 0.15) is 5.82 Å². The van der Waals surface area contributed by atoms with Crippen LogP contribution in [-0.4, -0.2) is 30.6 Å². The summed E-state index contributed by atoms with van der Waals surface area (Å²) >= 11 is 0. The Balaban J connectivity index is 2.85. The largest absolute Gasteiger partial charge is 0.309 e. The first-order valence-electron chi connectivity index (χ1n) is 7.82. The lowest BCUT2D eigenvalue weighted by Gasteiger charge is -2.31. The van der Waals surface area contributed by atoms with Gasteiger partial charge in [-0.2, -0.15) is 0 Å². The quantitative estimate of drug-likeness (QED) is 0.736. The van der Waals surface area contributed by atoms with E-state index in [-0.39, 0.29) is 11.9 Å². The summed E-state index contributed by atoms with van der Waals surface area (Å²) < 4.78 is 14.0. The highest BCUT2D eigenvalue weighted by molar-refractivity contribution is 5.21. The van der Waals surface area contributed by atoms with Crippen molar-refractivity contribution in [2.45, 2.75) is 52.6 Å². The number of hydrogen-bond donors (Lipinski definition) is 1. The van der Waals surface area contributed by atoms with E-state index < -0.39 is 0 Å². The highest BCUT2D eigenvalue weighted by Gasteiger charge is 2.19. The molecule has 0 spiro atoms. The average molecular weight is 280 g/mol. The Labute approximate surface area is 123 Å². The SMILES string of the molecule is CCCNC(CN(CCC)C(C)C)c1ccccc1F. The summed E-state index contributed by atoms with van der Waals surface area (Å²) in [4.78, 5) is 2.42. The van der Waals surface area contributed by atoms with Crippen molar-refractivity contribution in [3.63, 3.8) is 0 Å². The Morgan fingerprint density at radius 1 is 1.15 bits per heavy atom. The average Bonchev–Trinajstić information content (AvgIpc) is 2.43. The normalized spacial score (nSPS) is 13.2. The number of halogens is 1. The molecule has 1 rings (SSSR count). The summed E-state index contributed by atoms with van der Waals surface area (Å²) in [6, 6.07) is 7.65. The third-order valence-corrected chi connectivity index (χ3v) is 3.58. The Morgan fingerprint density at radius 2 is 1.85 bits per heavy atom. The van der Waals surface area contributed by atoms with Crippen LogP contribution in [0.25, 0.3) is 0 Å². The molecule has 0 saturated heterocycles. The van der Waals surface area contributed by atoms with Gasteiger partial charge in [0.25, 0.3) is 0 Å². The first-order chi connectivity index (χ1) is 9.60. The fourth-order valence-electron chi connectivity index (χ4n) is 2.43. The third-order valence-electron chi connectivity index (χ3n) is 3.58. The number of nitrogens with zero attached hydrogens (tertiary/aromatic N) is 1. The highest BCUT2D eigenvalue weighted by atomic mass is 19.1. The molecule has 0 fully saturated rings. The van der Waals surface area contributed by atoms with Crippen LogP contribution in [0.1, 0.15) is 52.1 Å². The number of benzene rings is 1. The zero-order valence-corrected chi connectivity index (χ0v) is 13.3. The molecule has 20 heavy (non-hydrogen) atoms. The number of rotatable bonds is 9. The Bertz CT molecular complexity index is 379. The molecule has 0 aliphatic heterocycles. The number of hydrogen-bond acceptors (Lipinski definition) is 2. The zero-order valence-electron chi connectivity index (χ0n) is 13.3. The molecule has 0 aromatic heterocycles. The molecular formula is C17H29FN2. The standard InChI is InChI=1S/C17H29FN2/c1-5-11-19-17(13-20(12-6-2)14(3)4)15-9-7-8-10-16(15)18/h7-10,14,17,19H,5-6,11-13H2,1-4H3. The minimum Gasteiger partial charge on any atom is -0.309 e. The van der Waals surface area contributed by atoms with Crippen molar-refractivity contribution < 1.29 is 4.39 Å². The predicted molar refractivity (Wildman–Crippen MR) is 84.4 cm³/mol. The molecule has 2 nitrogen and oxygen atoms in total. The van der Waals surface area contributed by atoms with E-state index in [0.717, 1.165) is 38.0 Å². The Morgan fingerprint density at radius 3 is 2.40 bits per heavy atom. The molecule has 1 N–H and O–H groups in total. The van der Waals surface area contributed by atoms with Crippen LogP contribution in [0.15, 0.2) is 24.3 Å². The molecule has 3 heteroatoms. The molecule has 1 unspecified atom stereocenters. The van der Waals surface area contributed by atoms with Gasteiger partial charge in [-0.15, -0.1) is 0 Å². The van der Waals surface area contributed by atoms with Gasteiger partial charge in [0.15, 0.2) is 0 Å². The van der Waals surface area contributed by atoms with E-state index >= 15 is 0 Å². The lowest BCUT2D eigenvalue weighted by Crippen LogP contribution is -2.40. The minimum absolute atomic E-state index is 0.0603. The maximum atomic E-state index is 14.0. The van der Waals surface area contributed by atoms with E-state index in [4.69, 9.17) is 0 Å². The molecule has 1 atom stereocenters. The molecule has 0 bridgehead atoms. The van der Waals surface area contributed by atoms with Crippen LogP contribution < -0.4 is 5.32 Å². The van der Waals surface area contributed by atoms with Crippen molar-refractivity contribution in [1.29, 1.82) is 0 Å². The van der Waals surface area contributed by atoms with Crippen LogP contribution in [0.4, 0.5) is 4.39 Å². The lowest BCUT2D eigenvalue weighted by atomic mass is 10.0. The molecular weight excluding hydrogens is 251 g/mol. The van der Waals surface area contributed by atoms with Gasteiger partial charge in [-0.25, -0.2) is 4.39 Å². The minimum atomic E-state index is -0.110. The summed E-state index contributed by atoms with van der Waals surface area (Å²) in [6.07, 6.45) is 2.18. The molecule has 114 valence electrons. The van der Waals surface area contributed by atoms with Gasteiger partial charge in [-0.1, -0.05) is 32.0 Å². The second kappa shape index (κ2) is 9.09. The van der Waals surface area contributed by atoms with Gasteiger partial charge in [-0.05, 0) is 45.8 Å². The number of nitrogens with one attached hydrogen (secondary N) is 1. The van der Waals surface area contributed by atoms with E-state index in [2.05, 4.69) is 37.9 Å². The van der Waals surface area contributed by atoms with Crippen molar-refractivity contribution in [3.05, 3.63) is 35.6 Å². The molecule has 0 amide bonds. The van der Waals surface area contributed by atoms with Crippen molar-refractivity contribution in [1.82, 2.24) is 10.2 Å². The monoisotopic (exact) mass is 280 g/mol. The van der Waals surface area contributed by atoms with Crippen LogP contribution in [0.2, 0.25) is 0 Å². The van der Waals surface area contributed by atoms with E-state index in [1.54, 1.807) is 12.1 Å². The molecule has 0 aliphatic rings. The van der Waals surface area contributed by atoms with Gasteiger partial charge < -0.3 is 5.32 Å². The second-order valence-electron chi connectivity index (χ2n) is 5.62. The van der Waals surface area contributed by atoms with Crippen molar-refractivity contribution >= 4 is 0 Å². The third kappa shape index (κ3) is 5.22. The van der Waals surface area contributed by atoms with Gasteiger partial charge in [0.05, 0.1) is 0 Å². The van der Waals surface area contributed by atoms with Crippen LogP contribution in [0.5, 0.6) is 0 Å². The summed E-state index contributed by atoms with van der Waals surface area (Å²) in [5.74, 6) is -0.110. The zero-order chi connectivity index (χ0) is 15.0. The maximum Gasteiger partial charge on any atom is 0.128 e. The van der Waals surface area contributed by atoms with Crippen molar-refractivity contribution in [3.8, 4) is 0 Å². The van der Waals surface area contributed by atoms with Crippen molar-refractivity contribution in [2.75, 3.05) is 19.6 Å². The Kier molecular flexibility index (Phi) is 7.78. The second-order valence-corrected chi connectivity index (χ2v) is 5.62. The van der Waals surface area contributed by atoms with Gasteiger partial charge in [-0.3, -0.25) is 4.90 Å². The fraction of sp³-hybridized carbons (Fsp3) is 0.647. The lowest BCUT2D eigenvalue weighted by molar-refractivity contribution is 0.196. The molecule has 1 aromatic rings. The highest BCUT2D eigenvalue weighted by Crippen LogP contribution is 2.19. The maximum absolute atomic E-state index is 14.0. The molecule has 0 radical (unpaired) electrons. The summed E-state index contributed by atoms with van der Waals surface area (Å²) in [7, 11) is 0. The van der Waals surface area contributed by atoms with Crippen LogP contribution in [0, 0.1) is 5.82 Å². The summed E-state index contributed by atoms with van der Waals surface area (Å²) in [6.45, 7) is 11.5. The van der Waals surface area contributed by atoms with Gasteiger partial charge in [0, 0.05) is 24.2 Å². The smallest absolute Gasteiger partial charge is 0.128 e. The van der Waals surface area contributed by atoms with Crippen molar-refractivity contribution in [2.24, 2.45) is 0 Å². The van der Waals surface area contributed by atoms with Crippen LogP contribution in [0.3, 0.4) is 0 Å². The molecule has 0 aliphatic carbocycles. The fourth-order valence-corrected chi connectivity index (χ4v) is 2.43. The first kappa shape index (κ1) is 17.1. The topological polar surface area (TPSA) is 15.3 Å².